The maximum absolute atomic E-state index is 12.5. The Labute approximate surface area is 244 Å². The highest BCUT2D eigenvalue weighted by atomic mass is 35.5. The van der Waals surface area contributed by atoms with Crippen molar-refractivity contribution in [1.82, 2.24) is 9.03 Å². The lowest BCUT2D eigenvalue weighted by molar-refractivity contribution is 0.454. The van der Waals surface area contributed by atoms with Crippen molar-refractivity contribution in [3.05, 3.63) is 40.8 Å². The lowest BCUT2D eigenvalue weighted by Crippen LogP contribution is -2.26. The molecule has 9 nitrogen and oxygen atoms in total. The quantitative estimate of drug-likeness (QED) is 0.0713. The van der Waals surface area contributed by atoms with Crippen LogP contribution in [0.1, 0.15) is 84.5 Å². The molecule has 12 heteroatoms. The largest absolute Gasteiger partial charge is 0.504 e. The molecule has 0 aliphatic rings. The van der Waals surface area contributed by atoms with Gasteiger partial charge < -0.3 is 14.8 Å². The van der Waals surface area contributed by atoms with E-state index in [0.717, 1.165) is 22.0 Å². The maximum atomic E-state index is 12.5. The first-order valence-corrected chi connectivity index (χ1v) is 15.7. The minimum absolute atomic E-state index is 0.0750. The molecule has 0 amide bonds. The number of hydrogen-bond donors (Lipinski definition) is 3. The van der Waals surface area contributed by atoms with Crippen molar-refractivity contribution in [3.8, 4) is 5.75 Å². The van der Waals surface area contributed by atoms with Crippen molar-refractivity contribution in [3.63, 3.8) is 0 Å². The second-order valence-corrected chi connectivity index (χ2v) is 11.8. The van der Waals surface area contributed by atoms with Gasteiger partial charge in [0.1, 0.15) is 16.5 Å². The predicted molar refractivity (Wildman–Crippen MR) is 168 cm³/mol. The van der Waals surface area contributed by atoms with Crippen LogP contribution >= 0.6 is 23.7 Å². The number of furan rings is 1. The molecule has 0 saturated carbocycles. The van der Waals surface area contributed by atoms with Gasteiger partial charge in [-0.1, -0.05) is 78.8 Å². The summed E-state index contributed by atoms with van der Waals surface area (Å²) in [6, 6.07) is 4.84. The summed E-state index contributed by atoms with van der Waals surface area (Å²) in [7, 11) is -1.22. The van der Waals surface area contributed by atoms with E-state index in [-0.39, 0.29) is 22.2 Å². The number of aliphatic imine (C=N–C) groups is 1. The molecule has 2 rings (SSSR count). The fourth-order valence-corrected chi connectivity index (χ4v) is 4.75. The van der Waals surface area contributed by atoms with Gasteiger partial charge in [-0.15, -0.1) is 0 Å². The first kappa shape index (κ1) is 36.8. The van der Waals surface area contributed by atoms with E-state index in [2.05, 4.69) is 53.8 Å². The van der Waals surface area contributed by atoms with Gasteiger partial charge in [-0.25, -0.2) is 17.1 Å². The standard InChI is InChI=1S/C19H26ClN5O4S2.C6H14.C2H6/c1-12(2)13-8-14(29-11-13)9-23-17(24-30-21-3)10-22-16-7-6-15(20)19(18(16)26)31(27,28)25(4)5;1-3-5-6-4-2;1-2/h6-8,11-12,22,26H,3,9-10H2,1-2,4-5H3,(H,23,24);3-6H2,1-2H3;1-2H3. The third kappa shape index (κ3) is 12.7. The van der Waals surface area contributed by atoms with E-state index >= 15 is 0 Å². The number of rotatable bonds is 13. The Bertz CT molecular complexity index is 1120. The van der Waals surface area contributed by atoms with Crippen LogP contribution in [0, 0.1) is 0 Å². The summed E-state index contributed by atoms with van der Waals surface area (Å²) >= 11 is 7.03. The van der Waals surface area contributed by atoms with Crippen molar-refractivity contribution < 1.29 is 17.9 Å². The summed E-state index contributed by atoms with van der Waals surface area (Å²) in [4.78, 5) is 4.11. The van der Waals surface area contributed by atoms with Crippen LogP contribution in [-0.2, 0) is 16.6 Å². The monoisotopic (exact) mass is 603 g/mol. The summed E-state index contributed by atoms with van der Waals surface area (Å²) in [5, 5.41) is 13.4. The van der Waals surface area contributed by atoms with Crippen LogP contribution in [0.3, 0.4) is 0 Å². The van der Waals surface area contributed by atoms with Crippen molar-refractivity contribution in [2.24, 2.45) is 9.39 Å². The number of phenols is 1. The summed E-state index contributed by atoms with van der Waals surface area (Å²) in [6.45, 7) is 16.5. The average Bonchev–Trinajstić information content (AvgIpc) is 3.39. The minimum Gasteiger partial charge on any atom is -0.504 e. The summed E-state index contributed by atoms with van der Waals surface area (Å²) < 4.78 is 38.1. The molecule has 0 radical (unpaired) electrons. The number of unbranched alkanes of at least 4 members (excludes halogenated alkanes) is 3. The summed E-state index contributed by atoms with van der Waals surface area (Å²) in [5.41, 5.74) is 1.27. The average molecular weight is 604 g/mol. The molecule has 0 fully saturated rings. The molecule has 0 aliphatic carbocycles. The van der Waals surface area contributed by atoms with Gasteiger partial charge in [-0.05, 0) is 29.7 Å². The van der Waals surface area contributed by atoms with Crippen LogP contribution in [0.5, 0.6) is 5.75 Å². The van der Waals surface area contributed by atoms with Gasteiger partial charge >= 0.3 is 0 Å². The number of benzene rings is 1. The van der Waals surface area contributed by atoms with Crippen molar-refractivity contribution in [2.75, 3.05) is 26.0 Å². The lowest BCUT2D eigenvalue weighted by atomic mass is 10.1. The topological polar surface area (TPSA) is 120 Å². The number of hydrogen-bond acceptors (Lipinski definition) is 8. The normalized spacial score (nSPS) is 11.4. The Hall–Kier alpha value is -2.21. The van der Waals surface area contributed by atoms with Crippen molar-refractivity contribution >= 4 is 52.0 Å². The number of anilines is 1. The Morgan fingerprint density at radius 2 is 1.82 bits per heavy atom. The van der Waals surface area contributed by atoms with Gasteiger partial charge in [-0.3, -0.25) is 9.71 Å². The fourth-order valence-electron chi connectivity index (χ4n) is 2.96. The van der Waals surface area contributed by atoms with E-state index in [1.807, 2.05) is 19.9 Å². The Kier molecular flexibility index (Phi) is 18.7. The Balaban J connectivity index is 0.00000159. The molecule has 0 atom stereocenters. The molecule has 1 heterocycles. The first-order chi connectivity index (χ1) is 18.5. The van der Waals surface area contributed by atoms with Gasteiger partial charge in [0.15, 0.2) is 5.75 Å². The molecular weight excluding hydrogens is 558 g/mol. The summed E-state index contributed by atoms with van der Waals surface area (Å²) in [5.74, 6) is 1.07. The second-order valence-electron chi connectivity index (χ2n) is 8.71. The highest BCUT2D eigenvalue weighted by molar-refractivity contribution is 7.96. The Morgan fingerprint density at radius 3 is 2.31 bits per heavy atom. The molecule has 0 aliphatic heterocycles. The molecule has 3 N–H and O–H groups in total. The zero-order valence-electron chi connectivity index (χ0n) is 24.5. The van der Waals surface area contributed by atoms with E-state index in [1.165, 1.54) is 51.9 Å². The van der Waals surface area contributed by atoms with Crippen molar-refractivity contribution in [2.45, 2.75) is 84.6 Å². The van der Waals surface area contributed by atoms with Crippen molar-refractivity contribution in [1.29, 1.82) is 0 Å². The van der Waals surface area contributed by atoms with Gasteiger partial charge in [0.2, 0.25) is 10.0 Å². The highest BCUT2D eigenvalue weighted by Crippen LogP contribution is 2.37. The molecule has 0 bridgehead atoms. The smallest absolute Gasteiger partial charge is 0.247 e. The first-order valence-electron chi connectivity index (χ1n) is 13.2. The number of nitrogens with one attached hydrogen (secondary N) is 2. The van der Waals surface area contributed by atoms with E-state index in [1.54, 1.807) is 6.26 Å². The SMILES string of the molecule is C=NSNC(CNc1ccc(Cl)c(S(=O)(=O)N(C)C)c1O)=NCc1cc(C(C)C)co1.CC.CCCCCC. The third-order valence-corrected chi connectivity index (χ3v) is 7.99. The Morgan fingerprint density at radius 1 is 1.21 bits per heavy atom. The van der Waals surface area contributed by atoms with Crippen LogP contribution in [0.4, 0.5) is 5.69 Å². The summed E-state index contributed by atoms with van der Waals surface area (Å²) in [6.07, 6.45) is 7.24. The second kappa shape index (κ2) is 19.8. The molecule has 0 spiro atoms. The maximum Gasteiger partial charge on any atom is 0.247 e. The number of phenolic OH excluding ortho intramolecular Hbond substituents is 1. The molecule has 1 aromatic heterocycles. The molecule has 0 unspecified atom stereocenters. The van der Waals surface area contributed by atoms with Gasteiger partial charge in [0.05, 0.1) is 42.2 Å². The lowest BCUT2D eigenvalue weighted by Gasteiger charge is -2.17. The number of sulfonamides is 1. The van der Waals surface area contributed by atoms with Crippen LogP contribution in [0.25, 0.3) is 0 Å². The van der Waals surface area contributed by atoms with Gasteiger partial charge in [-0.2, -0.15) is 0 Å². The molecule has 39 heavy (non-hydrogen) atoms. The minimum atomic E-state index is -3.94. The number of amidine groups is 1. The zero-order valence-corrected chi connectivity index (χ0v) is 26.9. The van der Waals surface area contributed by atoms with E-state index in [0.29, 0.717) is 24.1 Å². The molecule has 222 valence electrons. The zero-order chi connectivity index (χ0) is 30.0. The van der Waals surface area contributed by atoms with Gasteiger partial charge in [0, 0.05) is 20.8 Å². The van der Waals surface area contributed by atoms with E-state index < -0.39 is 15.8 Å². The van der Waals surface area contributed by atoms with Crippen LogP contribution in [-0.4, -0.2) is 51.0 Å². The number of halogens is 1. The molecule has 0 saturated heterocycles. The highest BCUT2D eigenvalue weighted by Gasteiger charge is 2.27. The van der Waals surface area contributed by atoms with E-state index in [4.69, 9.17) is 16.0 Å². The number of nitrogens with zero attached hydrogens (tertiary/aromatic N) is 3. The molecule has 2 aromatic rings. The number of aromatic hydroxyl groups is 1. The molecule has 1 aromatic carbocycles. The molecular formula is C27H46ClN5O4S2. The van der Waals surface area contributed by atoms with Crippen LogP contribution < -0.4 is 10.0 Å². The predicted octanol–water partition coefficient (Wildman–Crippen LogP) is 7.49. The van der Waals surface area contributed by atoms with Gasteiger partial charge in [0.25, 0.3) is 0 Å². The fraction of sp³-hybridized carbons (Fsp3) is 0.556. The van der Waals surface area contributed by atoms with E-state index in [9.17, 15) is 13.5 Å². The third-order valence-electron chi connectivity index (χ3n) is 5.22. The van der Waals surface area contributed by atoms with Crippen LogP contribution in [0.2, 0.25) is 5.02 Å². The van der Waals surface area contributed by atoms with Crippen LogP contribution in [0.15, 0.2) is 43.2 Å².